The number of benzene rings is 2. The van der Waals surface area contributed by atoms with Gasteiger partial charge in [-0.05, 0) is 17.7 Å². The zero-order valence-electron chi connectivity index (χ0n) is 13.6. The predicted octanol–water partition coefficient (Wildman–Crippen LogP) is 3.71. The van der Waals surface area contributed by atoms with Gasteiger partial charge in [0.25, 0.3) is 0 Å². The highest BCUT2D eigenvalue weighted by molar-refractivity contribution is 5.32. The monoisotopic (exact) mass is 294 g/mol. The first-order valence-corrected chi connectivity index (χ1v) is 8.26. The molecule has 0 unspecified atom stereocenters. The molecule has 0 amide bonds. The minimum Gasteiger partial charge on any atom is -0.316 e. The van der Waals surface area contributed by atoms with E-state index in [4.69, 9.17) is 0 Å². The molecule has 1 saturated heterocycles. The van der Waals surface area contributed by atoms with E-state index in [1.54, 1.807) is 0 Å². The van der Waals surface area contributed by atoms with E-state index in [0.717, 1.165) is 26.2 Å². The van der Waals surface area contributed by atoms with Crippen molar-refractivity contribution >= 4 is 0 Å². The Bertz CT molecular complexity index is 534. The highest BCUT2D eigenvalue weighted by atomic mass is 15.2. The second-order valence-electron chi connectivity index (χ2n) is 6.72. The van der Waals surface area contributed by atoms with E-state index in [0.29, 0.717) is 11.5 Å². The van der Waals surface area contributed by atoms with Crippen LogP contribution in [0.5, 0.6) is 0 Å². The summed E-state index contributed by atoms with van der Waals surface area (Å²) < 4.78 is 0. The molecule has 2 heteroatoms. The highest BCUT2D eigenvalue weighted by Crippen LogP contribution is 2.39. The Hall–Kier alpha value is -1.64. The molecule has 1 fully saturated rings. The summed E-state index contributed by atoms with van der Waals surface area (Å²) in [5.41, 5.74) is 3.18. The van der Waals surface area contributed by atoms with Crippen LogP contribution in [0.1, 0.15) is 31.0 Å². The molecule has 0 saturated carbocycles. The smallest absolute Gasteiger partial charge is 0.0602 e. The van der Waals surface area contributed by atoms with Gasteiger partial charge in [0.05, 0.1) is 6.04 Å². The summed E-state index contributed by atoms with van der Waals surface area (Å²) in [6.07, 6.45) is 0. The minimum atomic E-state index is 0.372. The van der Waals surface area contributed by atoms with Gasteiger partial charge in [-0.1, -0.05) is 74.5 Å². The van der Waals surface area contributed by atoms with Crippen LogP contribution in [-0.2, 0) is 0 Å². The van der Waals surface area contributed by atoms with Crippen LogP contribution in [0, 0.1) is 5.41 Å². The summed E-state index contributed by atoms with van der Waals surface area (Å²) in [6, 6.07) is 22.1. The number of likely N-dealkylation sites (tertiary alicyclic amines) is 1. The maximum Gasteiger partial charge on any atom is 0.0602 e. The Morgan fingerprint density at radius 2 is 1.45 bits per heavy atom. The number of nitrogens with one attached hydrogen (secondary N) is 1. The zero-order chi connectivity index (χ0) is 15.4. The molecule has 0 aliphatic carbocycles. The van der Waals surface area contributed by atoms with E-state index in [-0.39, 0.29) is 0 Å². The number of nitrogens with zero attached hydrogens (tertiary/aromatic N) is 1. The fourth-order valence-electron chi connectivity index (χ4n) is 3.54. The van der Waals surface area contributed by atoms with Gasteiger partial charge in [-0.15, -0.1) is 0 Å². The van der Waals surface area contributed by atoms with Crippen molar-refractivity contribution in [1.29, 1.82) is 0 Å². The van der Waals surface area contributed by atoms with Crippen LogP contribution in [0.3, 0.4) is 0 Å². The number of hydrogen-bond donors (Lipinski definition) is 1. The lowest BCUT2D eigenvalue weighted by molar-refractivity contribution is -0.00675. The van der Waals surface area contributed by atoms with Crippen LogP contribution in [-0.4, -0.2) is 31.1 Å². The lowest BCUT2D eigenvalue weighted by atomic mass is 9.79. The summed E-state index contributed by atoms with van der Waals surface area (Å²) >= 11 is 0. The van der Waals surface area contributed by atoms with Gasteiger partial charge in [0.15, 0.2) is 0 Å². The molecule has 1 aliphatic rings. The molecule has 1 heterocycles. The van der Waals surface area contributed by atoms with Gasteiger partial charge in [-0.3, -0.25) is 4.90 Å². The van der Waals surface area contributed by atoms with Gasteiger partial charge in [-0.2, -0.15) is 0 Å². The van der Waals surface area contributed by atoms with Crippen molar-refractivity contribution in [3.63, 3.8) is 0 Å². The van der Waals surface area contributed by atoms with Crippen molar-refractivity contribution in [2.45, 2.75) is 19.9 Å². The van der Waals surface area contributed by atoms with Crippen molar-refractivity contribution in [3.05, 3.63) is 71.8 Å². The maximum atomic E-state index is 3.50. The van der Waals surface area contributed by atoms with Crippen LogP contribution >= 0.6 is 0 Å². The third kappa shape index (κ3) is 3.23. The Morgan fingerprint density at radius 3 is 1.91 bits per heavy atom. The second kappa shape index (κ2) is 6.64. The van der Waals surface area contributed by atoms with Crippen molar-refractivity contribution < 1.29 is 0 Å². The minimum absolute atomic E-state index is 0.372. The molecule has 0 bridgehead atoms. The van der Waals surface area contributed by atoms with Gasteiger partial charge in [0.2, 0.25) is 0 Å². The SMILES string of the molecule is CCNCC1(C)CN(C(c2ccccc2)c2ccccc2)C1. The maximum absolute atomic E-state index is 3.50. The molecule has 2 nitrogen and oxygen atoms in total. The third-order valence-electron chi connectivity index (χ3n) is 4.57. The van der Waals surface area contributed by atoms with Crippen molar-refractivity contribution in [1.82, 2.24) is 10.2 Å². The average molecular weight is 294 g/mol. The van der Waals surface area contributed by atoms with Crippen molar-refractivity contribution in [2.75, 3.05) is 26.2 Å². The predicted molar refractivity (Wildman–Crippen MR) is 93.0 cm³/mol. The molecular formula is C20H26N2. The fraction of sp³-hybridized carbons (Fsp3) is 0.400. The first-order valence-electron chi connectivity index (χ1n) is 8.26. The molecule has 1 N–H and O–H groups in total. The quantitative estimate of drug-likeness (QED) is 0.874. The van der Waals surface area contributed by atoms with Crippen LogP contribution in [0.4, 0.5) is 0 Å². The summed E-state index contributed by atoms with van der Waals surface area (Å²) in [5, 5.41) is 3.50. The fourth-order valence-corrected chi connectivity index (χ4v) is 3.54. The van der Waals surface area contributed by atoms with Crippen LogP contribution < -0.4 is 5.32 Å². The molecule has 0 atom stereocenters. The summed E-state index contributed by atoms with van der Waals surface area (Å²) in [4.78, 5) is 2.60. The summed E-state index contributed by atoms with van der Waals surface area (Å²) in [6.45, 7) is 9.02. The molecule has 1 aliphatic heterocycles. The van der Waals surface area contributed by atoms with E-state index in [9.17, 15) is 0 Å². The van der Waals surface area contributed by atoms with Crippen LogP contribution in [0.15, 0.2) is 60.7 Å². The van der Waals surface area contributed by atoms with Gasteiger partial charge in [-0.25, -0.2) is 0 Å². The molecule has 0 aromatic heterocycles. The van der Waals surface area contributed by atoms with Gasteiger partial charge in [0.1, 0.15) is 0 Å². The van der Waals surface area contributed by atoms with E-state index in [1.165, 1.54) is 11.1 Å². The number of rotatable bonds is 6. The summed E-state index contributed by atoms with van der Waals surface area (Å²) in [5.74, 6) is 0. The van der Waals surface area contributed by atoms with E-state index in [1.807, 2.05) is 0 Å². The molecule has 0 radical (unpaired) electrons. The van der Waals surface area contributed by atoms with E-state index >= 15 is 0 Å². The lowest BCUT2D eigenvalue weighted by Crippen LogP contribution is -2.59. The van der Waals surface area contributed by atoms with E-state index < -0.39 is 0 Å². The Balaban J connectivity index is 1.80. The average Bonchev–Trinajstić information content (AvgIpc) is 2.54. The van der Waals surface area contributed by atoms with Gasteiger partial charge < -0.3 is 5.32 Å². The van der Waals surface area contributed by atoms with Gasteiger partial charge >= 0.3 is 0 Å². The lowest BCUT2D eigenvalue weighted by Gasteiger charge is -2.52. The van der Waals surface area contributed by atoms with Crippen LogP contribution in [0.2, 0.25) is 0 Å². The Labute approximate surface area is 134 Å². The van der Waals surface area contributed by atoms with Gasteiger partial charge in [0, 0.05) is 25.0 Å². The first-order chi connectivity index (χ1) is 10.7. The molecule has 2 aromatic carbocycles. The molecule has 2 aromatic rings. The normalized spacial score (nSPS) is 17.4. The molecule has 22 heavy (non-hydrogen) atoms. The standard InChI is InChI=1S/C20H26N2/c1-3-21-14-20(2)15-22(16-20)19(17-10-6-4-7-11-17)18-12-8-5-9-13-18/h4-13,19,21H,3,14-16H2,1-2H3. The van der Waals surface area contributed by atoms with Crippen molar-refractivity contribution in [3.8, 4) is 0 Å². The zero-order valence-corrected chi connectivity index (χ0v) is 13.6. The molecule has 3 rings (SSSR count). The molecule has 0 spiro atoms. The van der Waals surface area contributed by atoms with E-state index in [2.05, 4.69) is 84.7 Å². The third-order valence-corrected chi connectivity index (χ3v) is 4.57. The summed E-state index contributed by atoms with van der Waals surface area (Å²) in [7, 11) is 0. The molecule has 116 valence electrons. The topological polar surface area (TPSA) is 15.3 Å². The molecular weight excluding hydrogens is 268 g/mol. The van der Waals surface area contributed by atoms with Crippen LogP contribution in [0.25, 0.3) is 0 Å². The largest absolute Gasteiger partial charge is 0.316 e. The van der Waals surface area contributed by atoms with Crippen molar-refractivity contribution in [2.24, 2.45) is 5.41 Å². The number of hydrogen-bond acceptors (Lipinski definition) is 2. The first kappa shape index (κ1) is 15.3. The Kier molecular flexibility index (Phi) is 4.60. The Morgan fingerprint density at radius 1 is 0.955 bits per heavy atom. The highest BCUT2D eigenvalue weighted by Gasteiger charge is 2.42. The second-order valence-corrected chi connectivity index (χ2v) is 6.72.